The fourth-order valence-electron chi connectivity index (χ4n) is 3.01. The highest BCUT2D eigenvalue weighted by molar-refractivity contribution is 5.76. The maximum Gasteiger partial charge on any atom is 0.222 e. The van der Waals surface area contributed by atoms with Gasteiger partial charge in [-0.15, -0.1) is 0 Å². The van der Waals surface area contributed by atoms with Crippen molar-refractivity contribution in [2.75, 3.05) is 26.2 Å². The van der Waals surface area contributed by atoms with Crippen LogP contribution in [0.25, 0.3) is 0 Å². The number of carbonyl (C=O) groups excluding carboxylic acids is 1. The molecule has 0 fully saturated rings. The minimum Gasteiger partial charge on any atom is -0.343 e. The highest BCUT2D eigenvalue weighted by atomic mass is 16.2. The van der Waals surface area contributed by atoms with Gasteiger partial charge in [-0.2, -0.15) is 0 Å². The van der Waals surface area contributed by atoms with Crippen molar-refractivity contribution in [2.45, 2.75) is 105 Å². The van der Waals surface area contributed by atoms with Crippen LogP contribution in [-0.2, 0) is 4.79 Å². The van der Waals surface area contributed by atoms with Crippen molar-refractivity contribution in [2.24, 2.45) is 0 Å². The zero-order valence-corrected chi connectivity index (χ0v) is 17.3. The highest BCUT2D eigenvalue weighted by Gasteiger charge is 2.17. The molecule has 0 aromatic carbocycles. The Labute approximate surface area is 152 Å². The van der Waals surface area contributed by atoms with Gasteiger partial charge in [0.2, 0.25) is 5.91 Å². The highest BCUT2D eigenvalue weighted by Crippen LogP contribution is 2.12. The van der Waals surface area contributed by atoms with Crippen LogP contribution in [0.15, 0.2) is 0 Å². The summed E-state index contributed by atoms with van der Waals surface area (Å²) in [5, 5.41) is 0. The maximum absolute atomic E-state index is 12.6. The van der Waals surface area contributed by atoms with Crippen molar-refractivity contribution in [1.29, 1.82) is 0 Å². The summed E-state index contributed by atoms with van der Waals surface area (Å²) in [5.74, 6) is 0.370. The van der Waals surface area contributed by atoms with E-state index < -0.39 is 0 Å². The van der Waals surface area contributed by atoms with E-state index in [-0.39, 0.29) is 0 Å². The molecule has 144 valence electrons. The van der Waals surface area contributed by atoms with Crippen molar-refractivity contribution in [3.8, 4) is 0 Å². The van der Waals surface area contributed by atoms with Crippen LogP contribution in [0.5, 0.6) is 0 Å². The average molecular weight is 341 g/mol. The van der Waals surface area contributed by atoms with E-state index in [0.29, 0.717) is 18.4 Å². The standard InChI is InChI=1S/C21H44N2O/c1-6-10-16-22(17-11-7-2)20(5)14-15-21(24)23(18-12-8-3)19-13-9-4/h20H,6-19H2,1-5H3. The molecule has 0 rings (SSSR count). The third kappa shape index (κ3) is 11.1. The van der Waals surface area contributed by atoms with Gasteiger partial charge in [0.1, 0.15) is 0 Å². The van der Waals surface area contributed by atoms with E-state index in [0.717, 1.165) is 45.2 Å². The minimum absolute atomic E-state index is 0.370. The first-order valence-electron chi connectivity index (χ1n) is 10.6. The molecule has 0 aliphatic carbocycles. The molecule has 0 aliphatic heterocycles. The van der Waals surface area contributed by atoms with Crippen LogP contribution in [0.2, 0.25) is 0 Å². The first kappa shape index (κ1) is 23.4. The Balaban J connectivity index is 4.40. The van der Waals surface area contributed by atoms with Crippen molar-refractivity contribution >= 4 is 5.91 Å². The van der Waals surface area contributed by atoms with Gasteiger partial charge in [-0.05, 0) is 52.1 Å². The first-order chi connectivity index (χ1) is 11.6. The maximum atomic E-state index is 12.6. The summed E-state index contributed by atoms with van der Waals surface area (Å²) in [4.78, 5) is 17.3. The lowest BCUT2D eigenvalue weighted by Crippen LogP contribution is -2.37. The van der Waals surface area contributed by atoms with Crippen molar-refractivity contribution < 1.29 is 4.79 Å². The molecule has 0 bridgehead atoms. The van der Waals surface area contributed by atoms with E-state index in [9.17, 15) is 4.79 Å². The second kappa shape index (κ2) is 15.9. The number of unbranched alkanes of at least 4 members (excludes halogenated alkanes) is 4. The van der Waals surface area contributed by atoms with Gasteiger partial charge in [0.25, 0.3) is 0 Å². The van der Waals surface area contributed by atoms with Gasteiger partial charge in [-0.3, -0.25) is 4.79 Å². The summed E-state index contributed by atoms with van der Waals surface area (Å²) in [6.45, 7) is 15.5. The number of rotatable bonds is 16. The number of amides is 1. The van der Waals surface area contributed by atoms with Crippen LogP contribution in [0.3, 0.4) is 0 Å². The molecule has 0 aromatic rings. The summed E-state index contributed by atoms with van der Waals surface area (Å²) in [6, 6.07) is 0.520. The summed E-state index contributed by atoms with van der Waals surface area (Å²) < 4.78 is 0. The molecule has 0 aromatic heterocycles. The molecule has 1 atom stereocenters. The Morgan fingerprint density at radius 1 is 0.750 bits per heavy atom. The van der Waals surface area contributed by atoms with Crippen molar-refractivity contribution in [3.63, 3.8) is 0 Å². The Morgan fingerprint density at radius 3 is 1.58 bits per heavy atom. The lowest BCUT2D eigenvalue weighted by Gasteiger charge is -2.30. The zero-order chi connectivity index (χ0) is 18.2. The van der Waals surface area contributed by atoms with E-state index in [1.165, 1.54) is 38.8 Å². The monoisotopic (exact) mass is 340 g/mol. The summed E-state index contributed by atoms with van der Waals surface area (Å²) in [5.41, 5.74) is 0. The molecule has 3 nitrogen and oxygen atoms in total. The number of nitrogens with zero attached hydrogens (tertiary/aromatic N) is 2. The molecule has 0 saturated carbocycles. The third-order valence-corrected chi connectivity index (χ3v) is 4.91. The van der Waals surface area contributed by atoms with Crippen LogP contribution in [0.4, 0.5) is 0 Å². The third-order valence-electron chi connectivity index (χ3n) is 4.91. The van der Waals surface area contributed by atoms with Crippen LogP contribution in [0.1, 0.15) is 98.8 Å². The van der Waals surface area contributed by atoms with E-state index in [1.54, 1.807) is 0 Å². The van der Waals surface area contributed by atoms with Crippen LogP contribution < -0.4 is 0 Å². The summed E-state index contributed by atoms with van der Waals surface area (Å²) in [7, 11) is 0. The topological polar surface area (TPSA) is 23.6 Å². The zero-order valence-electron chi connectivity index (χ0n) is 17.3. The smallest absolute Gasteiger partial charge is 0.222 e. The largest absolute Gasteiger partial charge is 0.343 e. The second-order valence-electron chi connectivity index (χ2n) is 7.22. The van der Waals surface area contributed by atoms with Gasteiger partial charge in [-0.1, -0.05) is 53.4 Å². The average Bonchev–Trinajstić information content (AvgIpc) is 2.59. The Bertz CT molecular complexity index is 278. The van der Waals surface area contributed by atoms with Crippen LogP contribution in [0, 0.1) is 0 Å². The van der Waals surface area contributed by atoms with E-state index in [4.69, 9.17) is 0 Å². The first-order valence-corrected chi connectivity index (χ1v) is 10.6. The molecule has 3 heteroatoms. The molecule has 1 unspecified atom stereocenters. The normalized spacial score (nSPS) is 12.6. The van der Waals surface area contributed by atoms with Gasteiger partial charge >= 0.3 is 0 Å². The molecule has 0 N–H and O–H groups in total. The van der Waals surface area contributed by atoms with Crippen LogP contribution >= 0.6 is 0 Å². The minimum atomic E-state index is 0.370. The molecular formula is C21H44N2O. The molecular weight excluding hydrogens is 296 g/mol. The summed E-state index contributed by atoms with van der Waals surface area (Å²) >= 11 is 0. The molecule has 24 heavy (non-hydrogen) atoms. The number of hydrogen-bond donors (Lipinski definition) is 0. The molecule has 0 aliphatic rings. The molecule has 1 amide bonds. The Kier molecular flexibility index (Phi) is 15.6. The van der Waals surface area contributed by atoms with E-state index in [2.05, 4.69) is 44.4 Å². The quantitative estimate of drug-likeness (QED) is 0.371. The molecule has 0 radical (unpaired) electrons. The van der Waals surface area contributed by atoms with Gasteiger partial charge in [-0.25, -0.2) is 0 Å². The van der Waals surface area contributed by atoms with Gasteiger partial charge in [0.05, 0.1) is 0 Å². The van der Waals surface area contributed by atoms with E-state index >= 15 is 0 Å². The second-order valence-corrected chi connectivity index (χ2v) is 7.22. The van der Waals surface area contributed by atoms with Gasteiger partial charge < -0.3 is 9.80 Å². The molecule has 0 saturated heterocycles. The van der Waals surface area contributed by atoms with Crippen molar-refractivity contribution in [1.82, 2.24) is 9.80 Å². The molecule has 0 heterocycles. The Hall–Kier alpha value is -0.570. The number of carbonyl (C=O) groups is 1. The van der Waals surface area contributed by atoms with Crippen LogP contribution in [-0.4, -0.2) is 47.9 Å². The lowest BCUT2D eigenvalue weighted by molar-refractivity contribution is -0.131. The summed E-state index contributed by atoms with van der Waals surface area (Å²) in [6.07, 6.45) is 11.3. The predicted octanol–water partition coefficient (Wildman–Crippen LogP) is 5.49. The van der Waals surface area contributed by atoms with E-state index in [1.807, 2.05) is 0 Å². The number of hydrogen-bond acceptors (Lipinski definition) is 2. The fraction of sp³-hybridized carbons (Fsp3) is 0.952. The Morgan fingerprint density at radius 2 is 1.17 bits per heavy atom. The van der Waals surface area contributed by atoms with Crippen molar-refractivity contribution in [3.05, 3.63) is 0 Å². The van der Waals surface area contributed by atoms with Gasteiger partial charge in [0, 0.05) is 25.6 Å². The fourth-order valence-corrected chi connectivity index (χ4v) is 3.01. The SMILES string of the molecule is CCCCN(CCCC)C(=O)CCC(C)N(CCCC)CCCC. The van der Waals surface area contributed by atoms with Gasteiger partial charge in [0.15, 0.2) is 0 Å². The lowest BCUT2D eigenvalue weighted by atomic mass is 10.1. The molecule has 0 spiro atoms. The predicted molar refractivity (Wildman–Crippen MR) is 106 cm³/mol.